The molecule has 0 radical (unpaired) electrons. The Labute approximate surface area is 147 Å². The summed E-state index contributed by atoms with van der Waals surface area (Å²) < 4.78 is 17.6. The fourth-order valence-electron chi connectivity index (χ4n) is 3.42. The van der Waals surface area contributed by atoms with Crippen LogP contribution in [0.3, 0.4) is 0 Å². The second-order valence-electron chi connectivity index (χ2n) is 6.86. The summed E-state index contributed by atoms with van der Waals surface area (Å²) in [6, 6.07) is 20.1. The second-order valence-corrected chi connectivity index (χ2v) is 6.86. The van der Waals surface area contributed by atoms with Crippen molar-refractivity contribution >= 4 is 5.97 Å². The highest BCUT2D eigenvalue weighted by molar-refractivity contribution is 5.72. The molecule has 2 aromatic rings. The molecular weight excluding hydrogens is 316 g/mol. The molecule has 0 amide bonds. The predicted octanol–water partition coefficient (Wildman–Crippen LogP) is 3.64. The molecule has 1 saturated carbocycles. The van der Waals surface area contributed by atoms with Gasteiger partial charge in [-0.15, -0.1) is 0 Å². The van der Waals surface area contributed by atoms with Crippen LogP contribution in [0.5, 0.6) is 0 Å². The summed E-state index contributed by atoms with van der Waals surface area (Å²) in [4.78, 5) is 12.0. The van der Waals surface area contributed by atoms with Crippen LogP contribution in [-0.2, 0) is 32.2 Å². The molecule has 1 heterocycles. The van der Waals surface area contributed by atoms with E-state index in [0.717, 1.165) is 17.5 Å². The molecule has 130 valence electrons. The fourth-order valence-corrected chi connectivity index (χ4v) is 3.42. The third-order valence-corrected chi connectivity index (χ3v) is 4.86. The first-order valence-electron chi connectivity index (χ1n) is 8.76. The van der Waals surface area contributed by atoms with Crippen LogP contribution in [0.1, 0.15) is 30.4 Å². The lowest BCUT2D eigenvalue weighted by molar-refractivity contribution is -0.171. The van der Waals surface area contributed by atoms with Gasteiger partial charge in [-0.25, -0.2) is 0 Å². The Morgan fingerprint density at radius 2 is 1.48 bits per heavy atom. The van der Waals surface area contributed by atoms with Crippen molar-refractivity contribution in [2.75, 3.05) is 0 Å². The van der Waals surface area contributed by atoms with Crippen molar-refractivity contribution in [3.8, 4) is 0 Å². The molecule has 0 bridgehead atoms. The molecule has 1 unspecified atom stereocenters. The Balaban J connectivity index is 1.31. The lowest BCUT2D eigenvalue weighted by atomic mass is 10.0. The van der Waals surface area contributed by atoms with E-state index >= 15 is 0 Å². The molecule has 1 spiro atoms. The maximum Gasteiger partial charge on any atom is 0.309 e. The smallest absolute Gasteiger partial charge is 0.309 e. The zero-order chi connectivity index (χ0) is 17.1. The highest BCUT2D eigenvalue weighted by atomic mass is 16.6. The number of benzene rings is 2. The maximum atomic E-state index is 12.0. The van der Waals surface area contributed by atoms with Crippen molar-refractivity contribution in [3.05, 3.63) is 71.8 Å². The van der Waals surface area contributed by atoms with Gasteiger partial charge in [0.05, 0.1) is 25.7 Å². The summed E-state index contributed by atoms with van der Waals surface area (Å²) in [6.45, 7) is 1.06. The molecule has 1 aliphatic carbocycles. The van der Waals surface area contributed by atoms with E-state index in [9.17, 15) is 4.79 Å². The third kappa shape index (κ3) is 3.91. The van der Waals surface area contributed by atoms with Gasteiger partial charge in [0, 0.05) is 12.8 Å². The minimum absolute atomic E-state index is 0.0280. The number of esters is 1. The zero-order valence-corrected chi connectivity index (χ0v) is 14.1. The first-order valence-corrected chi connectivity index (χ1v) is 8.76. The number of ether oxygens (including phenoxy) is 3. The molecule has 4 nitrogen and oxygen atoms in total. The van der Waals surface area contributed by atoms with E-state index in [1.165, 1.54) is 0 Å². The normalized spacial score (nSPS) is 27.9. The van der Waals surface area contributed by atoms with E-state index in [-0.39, 0.29) is 18.2 Å². The predicted molar refractivity (Wildman–Crippen MR) is 92.7 cm³/mol. The minimum Gasteiger partial charge on any atom is -0.456 e. The molecule has 2 aromatic carbocycles. The summed E-state index contributed by atoms with van der Waals surface area (Å²) in [6.07, 6.45) is 1.66. The molecule has 0 aromatic heterocycles. The molecule has 1 saturated heterocycles. The largest absolute Gasteiger partial charge is 0.456 e. The van der Waals surface area contributed by atoms with Gasteiger partial charge >= 0.3 is 5.97 Å². The van der Waals surface area contributed by atoms with Gasteiger partial charge in [0.1, 0.15) is 11.7 Å². The topological polar surface area (TPSA) is 44.8 Å². The van der Waals surface area contributed by atoms with Crippen molar-refractivity contribution in [2.45, 2.75) is 50.3 Å². The van der Waals surface area contributed by atoms with Gasteiger partial charge in [0.25, 0.3) is 0 Å². The van der Waals surface area contributed by atoms with Crippen LogP contribution < -0.4 is 0 Å². The van der Waals surface area contributed by atoms with Crippen molar-refractivity contribution < 1.29 is 19.0 Å². The van der Waals surface area contributed by atoms with Crippen LogP contribution in [0.15, 0.2) is 60.7 Å². The van der Waals surface area contributed by atoms with Crippen LogP contribution in [0, 0.1) is 0 Å². The first kappa shape index (κ1) is 16.3. The molecule has 25 heavy (non-hydrogen) atoms. The number of carbonyl (C=O) groups excluding carboxylic acids is 1. The van der Waals surface area contributed by atoms with Crippen molar-refractivity contribution in [1.29, 1.82) is 0 Å². The van der Waals surface area contributed by atoms with E-state index < -0.39 is 5.60 Å². The fraction of sp³-hybridized carbons (Fsp3) is 0.381. The van der Waals surface area contributed by atoms with Gasteiger partial charge in [-0.05, 0) is 11.1 Å². The Morgan fingerprint density at radius 1 is 0.880 bits per heavy atom. The van der Waals surface area contributed by atoms with E-state index in [1.807, 2.05) is 60.7 Å². The molecule has 4 heteroatoms. The van der Waals surface area contributed by atoms with E-state index in [0.29, 0.717) is 26.1 Å². The van der Waals surface area contributed by atoms with E-state index in [1.54, 1.807) is 0 Å². The average Bonchev–Trinajstić information content (AvgIpc) is 3.30. The second kappa shape index (κ2) is 6.98. The van der Waals surface area contributed by atoms with Crippen LogP contribution in [0.4, 0.5) is 0 Å². The highest BCUT2D eigenvalue weighted by Gasteiger charge is 2.62. The molecular formula is C21H22O4. The minimum atomic E-state index is -0.481. The van der Waals surface area contributed by atoms with Gasteiger partial charge in [0.15, 0.2) is 0 Å². The van der Waals surface area contributed by atoms with Crippen LogP contribution in [0.25, 0.3) is 0 Å². The quantitative estimate of drug-likeness (QED) is 0.755. The summed E-state index contributed by atoms with van der Waals surface area (Å²) in [5.74, 6) is -0.185. The molecule has 1 aliphatic heterocycles. The van der Waals surface area contributed by atoms with Gasteiger partial charge in [0.2, 0.25) is 0 Å². The number of hydrogen-bond donors (Lipinski definition) is 0. The Morgan fingerprint density at radius 3 is 2.12 bits per heavy atom. The number of rotatable bonds is 6. The SMILES string of the molecule is O=C1C[C@@H](OCc2ccccc2)CC2(C[C@H]2OCc2ccccc2)O1. The maximum absolute atomic E-state index is 12.0. The lowest BCUT2D eigenvalue weighted by Gasteiger charge is -2.29. The van der Waals surface area contributed by atoms with Crippen LogP contribution >= 0.6 is 0 Å². The van der Waals surface area contributed by atoms with Gasteiger partial charge in [-0.1, -0.05) is 60.7 Å². The van der Waals surface area contributed by atoms with Gasteiger partial charge in [-0.2, -0.15) is 0 Å². The Bertz CT molecular complexity index is 715. The standard InChI is InChI=1S/C21H22O4/c22-20-11-18(23-14-16-7-3-1-4-8-16)12-21(25-20)13-19(21)24-15-17-9-5-2-6-10-17/h1-10,18-19H,11-15H2/t18-,19-,21?/m1/s1. The van der Waals surface area contributed by atoms with Crippen molar-refractivity contribution in [2.24, 2.45) is 0 Å². The number of hydrogen-bond acceptors (Lipinski definition) is 4. The highest BCUT2D eigenvalue weighted by Crippen LogP contribution is 2.50. The van der Waals surface area contributed by atoms with Gasteiger partial charge < -0.3 is 14.2 Å². The zero-order valence-electron chi connectivity index (χ0n) is 14.1. The van der Waals surface area contributed by atoms with Crippen LogP contribution in [0.2, 0.25) is 0 Å². The first-order chi connectivity index (χ1) is 12.2. The Hall–Kier alpha value is -2.17. The van der Waals surface area contributed by atoms with Gasteiger partial charge in [-0.3, -0.25) is 4.79 Å². The molecule has 0 N–H and O–H groups in total. The molecule has 2 fully saturated rings. The van der Waals surface area contributed by atoms with E-state index in [4.69, 9.17) is 14.2 Å². The average molecular weight is 338 g/mol. The summed E-state index contributed by atoms with van der Waals surface area (Å²) in [7, 11) is 0. The summed E-state index contributed by atoms with van der Waals surface area (Å²) >= 11 is 0. The van der Waals surface area contributed by atoms with E-state index in [2.05, 4.69) is 0 Å². The third-order valence-electron chi connectivity index (χ3n) is 4.86. The lowest BCUT2D eigenvalue weighted by Crippen LogP contribution is -2.38. The molecule has 4 rings (SSSR count). The monoisotopic (exact) mass is 338 g/mol. The van der Waals surface area contributed by atoms with Crippen molar-refractivity contribution in [3.63, 3.8) is 0 Å². The molecule has 3 atom stereocenters. The Kier molecular flexibility index (Phi) is 4.55. The van der Waals surface area contributed by atoms with Crippen LogP contribution in [-0.4, -0.2) is 23.8 Å². The summed E-state index contributed by atoms with van der Waals surface area (Å²) in [5.41, 5.74) is 1.76. The summed E-state index contributed by atoms with van der Waals surface area (Å²) in [5, 5.41) is 0. The number of carbonyl (C=O) groups is 1. The molecule has 2 aliphatic rings. The van der Waals surface area contributed by atoms with Crippen molar-refractivity contribution in [1.82, 2.24) is 0 Å².